The molecule has 0 radical (unpaired) electrons. The maximum absolute atomic E-state index is 12.3. The lowest BCUT2D eigenvalue weighted by molar-refractivity contribution is -0.133. The smallest absolute Gasteiger partial charge is 0.239 e. The van der Waals surface area contributed by atoms with Gasteiger partial charge in [-0.2, -0.15) is 0 Å². The SMILES string of the molecule is CCNC(=NCc1ccc(C)cc1SC)NCCCN1CCCC1C(=O)N(C)C. The van der Waals surface area contributed by atoms with Crippen LogP contribution in [-0.4, -0.2) is 74.2 Å². The van der Waals surface area contributed by atoms with E-state index < -0.39 is 0 Å². The van der Waals surface area contributed by atoms with Gasteiger partial charge in [0.2, 0.25) is 5.91 Å². The lowest BCUT2D eigenvalue weighted by Gasteiger charge is -2.26. The lowest BCUT2D eigenvalue weighted by Crippen LogP contribution is -2.44. The normalized spacial score (nSPS) is 17.4. The van der Waals surface area contributed by atoms with Crippen LogP contribution < -0.4 is 10.6 Å². The highest BCUT2D eigenvalue weighted by Crippen LogP contribution is 2.22. The Bertz CT molecular complexity index is 692. The van der Waals surface area contributed by atoms with Gasteiger partial charge >= 0.3 is 0 Å². The van der Waals surface area contributed by atoms with Gasteiger partial charge in [0.15, 0.2) is 5.96 Å². The molecule has 1 aliphatic rings. The van der Waals surface area contributed by atoms with Crippen LogP contribution in [-0.2, 0) is 11.3 Å². The van der Waals surface area contributed by atoms with Crippen LogP contribution in [0.3, 0.4) is 0 Å². The molecule has 0 bridgehead atoms. The fraction of sp³-hybridized carbons (Fsp3) is 0.636. The monoisotopic (exact) mass is 419 g/mol. The lowest BCUT2D eigenvalue weighted by atomic mass is 10.1. The molecule has 7 heteroatoms. The van der Waals surface area contributed by atoms with Crippen molar-refractivity contribution in [1.29, 1.82) is 0 Å². The number of guanidine groups is 1. The predicted molar refractivity (Wildman–Crippen MR) is 124 cm³/mol. The van der Waals surface area contributed by atoms with Crippen molar-refractivity contribution in [3.05, 3.63) is 29.3 Å². The minimum absolute atomic E-state index is 0.0541. The summed E-state index contributed by atoms with van der Waals surface area (Å²) in [5.74, 6) is 1.08. The number of amides is 1. The average molecular weight is 420 g/mol. The highest BCUT2D eigenvalue weighted by atomic mass is 32.2. The van der Waals surface area contributed by atoms with Crippen LogP contribution in [0, 0.1) is 6.92 Å². The summed E-state index contributed by atoms with van der Waals surface area (Å²) in [6.45, 7) is 8.49. The van der Waals surface area contributed by atoms with Crippen molar-refractivity contribution in [2.75, 3.05) is 46.5 Å². The summed E-state index contributed by atoms with van der Waals surface area (Å²) in [6, 6.07) is 6.59. The number of likely N-dealkylation sites (tertiary alicyclic amines) is 1. The average Bonchev–Trinajstić information content (AvgIpc) is 3.17. The van der Waals surface area contributed by atoms with E-state index in [9.17, 15) is 4.79 Å². The molecule has 1 amide bonds. The minimum Gasteiger partial charge on any atom is -0.357 e. The number of rotatable bonds is 9. The quantitative estimate of drug-likeness (QED) is 0.279. The Kier molecular flexibility index (Phi) is 9.81. The van der Waals surface area contributed by atoms with Crippen molar-refractivity contribution >= 4 is 23.6 Å². The van der Waals surface area contributed by atoms with Gasteiger partial charge in [-0.1, -0.05) is 12.1 Å². The highest BCUT2D eigenvalue weighted by Gasteiger charge is 2.30. The highest BCUT2D eigenvalue weighted by molar-refractivity contribution is 7.98. The van der Waals surface area contributed by atoms with Gasteiger partial charge in [-0.25, -0.2) is 4.99 Å². The molecule has 1 atom stereocenters. The number of likely N-dealkylation sites (N-methyl/N-ethyl adjacent to an activating group) is 1. The van der Waals surface area contributed by atoms with E-state index in [1.807, 2.05) is 14.1 Å². The van der Waals surface area contributed by atoms with Crippen LogP contribution in [0.15, 0.2) is 28.1 Å². The molecule has 1 fully saturated rings. The molecule has 1 unspecified atom stereocenters. The van der Waals surface area contributed by atoms with Gasteiger partial charge in [-0.15, -0.1) is 11.8 Å². The first-order valence-electron chi connectivity index (χ1n) is 10.6. The Labute approximate surface area is 180 Å². The Morgan fingerprint density at radius 2 is 2.14 bits per heavy atom. The van der Waals surface area contributed by atoms with Gasteiger partial charge in [0.25, 0.3) is 0 Å². The van der Waals surface area contributed by atoms with E-state index in [2.05, 4.69) is 53.8 Å². The molecule has 1 aromatic rings. The van der Waals surface area contributed by atoms with Crippen molar-refractivity contribution in [3.63, 3.8) is 0 Å². The molecule has 162 valence electrons. The van der Waals surface area contributed by atoms with Crippen molar-refractivity contribution < 1.29 is 4.79 Å². The van der Waals surface area contributed by atoms with Gasteiger partial charge < -0.3 is 15.5 Å². The molecule has 29 heavy (non-hydrogen) atoms. The molecular weight excluding hydrogens is 382 g/mol. The zero-order chi connectivity index (χ0) is 21.2. The first-order chi connectivity index (χ1) is 14.0. The molecule has 1 saturated heterocycles. The van der Waals surface area contributed by atoms with Crippen molar-refractivity contribution in [1.82, 2.24) is 20.4 Å². The molecule has 1 aliphatic heterocycles. The van der Waals surface area contributed by atoms with E-state index in [1.165, 1.54) is 16.0 Å². The number of hydrogen-bond donors (Lipinski definition) is 2. The molecule has 6 nitrogen and oxygen atoms in total. The summed E-state index contributed by atoms with van der Waals surface area (Å²) in [6.07, 6.45) is 5.18. The van der Waals surface area contributed by atoms with Crippen molar-refractivity contribution in [2.24, 2.45) is 4.99 Å². The van der Waals surface area contributed by atoms with E-state index in [1.54, 1.807) is 16.7 Å². The molecule has 2 N–H and O–H groups in total. The second kappa shape index (κ2) is 12.1. The van der Waals surface area contributed by atoms with Gasteiger partial charge in [0.05, 0.1) is 12.6 Å². The third kappa shape index (κ3) is 7.23. The summed E-state index contributed by atoms with van der Waals surface area (Å²) < 4.78 is 0. The van der Waals surface area contributed by atoms with E-state index in [-0.39, 0.29) is 11.9 Å². The van der Waals surface area contributed by atoms with Crippen molar-refractivity contribution in [3.8, 4) is 0 Å². The molecule has 0 aromatic heterocycles. The summed E-state index contributed by atoms with van der Waals surface area (Å²) >= 11 is 1.77. The van der Waals surface area contributed by atoms with E-state index >= 15 is 0 Å². The number of aryl methyl sites for hydroxylation is 1. The third-order valence-electron chi connectivity index (χ3n) is 5.20. The number of nitrogens with one attached hydrogen (secondary N) is 2. The number of carbonyl (C=O) groups is 1. The molecule has 0 spiro atoms. The number of carbonyl (C=O) groups excluding carboxylic acids is 1. The molecule has 1 heterocycles. The summed E-state index contributed by atoms with van der Waals surface area (Å²) in [4.78, 5) is 22.4. The van der Waals surface area contributed by atoms with Crippen LogP contribution in [0.2, 0.25) is 0 Å². The van der Waals surface area contributed by atoms with E-state index in [4.69, 9.17) is 4.99 Å². The van der Waals surface area contributed by atoms with Crippen LogP contribution in [0.1, 0.15) is 37.3 Å². The number of benzene rings is 1. The number of hydrogen-bond acceptors (Lipinski definition) is 4. The number of nitrogens with zero attached hydrogens (tertiary/aromatic N) is 3. The molecular formula is C22H37N5OS. The first-order valence-corrected chi connectivity index (χ1v) is 11.8. The zero-order valence-electron chi connectivity index (χ0n) is 18.6. The Morgan fingerprint density at radius 1 is 1.34 bits per heavy atom. The molecule has 0 aliphatic carbocycles. The maximum Gasteiger partial charge on any atom is 0.239 e. The number of thioether (sulfide) groups is 1. The number of aliphatic imine (C=N–C) groups is 1. The second-order valence-corrected chi connectivity index (χ2v) is 8.57. The van der Waals surface area contributed by atoms with Crippen LogP contribution in [0.5, 0.6) is 0 Å². The Hall–Kier alpha value is -1.73. The summed E-state index contributed by atoms with van der Waals surface area (Å²) in [7, 11) is 3.69. The molecule has 2 rings (SSSR count). The van der Waals surface area contributed by atoms with Gasteiger partial charge in [-0.3, -0.25) is 9.69 Å². The summed E-state index contributed by atoms with van der Waals surface area (Å²) in [5, 5.41) is 6.77. The fourth-order valence-electron chi connectivity index (χ4n) is 3.65. The van der Waals surface area contributed by atoms with E-state index in [0.717, 1.165) is 51.4 Å². The second-order valence-electron chi connectivity index (χ2n) is 7.72. The van der Waals surface area contributed by atoms with Crippen LogP contribution in [0.4, 0.5) is 0 Å². The third-order valence-corrected chi connectivity index (χ3v) is 6.02. The van der Waals surface area contributed by atoms with E-state index in [0.29, 0.717) is 6.54 Å². The van der Waals surface area contributed by atoms with Crippen LogP contribution >= 0.6 is 11.8 Å². The predicted octanol–water partition coefficient (Wildman–Crippen LogP) is 2.71. The largest absolute Gasteiger partial charge is 0.357 e. The standard InChI is InChI=1S/C22H37N5OS/c1-6-23-22(25-16-18-11-10-17(2)15-20(18)29-5)24-12-8-14-27-13-7-9-19(27)21(28)26(3)4/h10-11,15,19H,6-9,12-14,16H2,1-5H3,(H2,23,24,25). The summed E-state index contributed by atoms with van der Waals surface area (Å²) in [5.41, 5.74) is 2.53. The Balaban J connectivity index is 1.85. The Morgan fingerprint density at radius 3 is 2.83 bits per heavy atom. The molecule has 0 saturated carbocycles. The topological polar surface area (TPSA) is 60.0 Å². The zero-order valence-corrected chi connectivity index (χ0v) is 19.4. The first kappa shape index (κ1) is 23.5. The minimum atomic E-state index is 0.0541. The van der Waals surface area contributed by atoms with Gasteiger partial charge in [0.1, 0.15) is 0 Å². The fourth-order valence-corrected chi connectivity index (χ4v) is 4.35. The maximum atomic E-state index is 12.3. The van der Waals surface area contributed by atoms with Crippen LogP contribution in [0.25, 0.3) is 0 Å². The van der Waals surface area contributed by atoms with Gasteiger partial charge in [-0.05, 0) is 63.1 Å². The van der Waals surface area contributed by atoms with Crippen molar-refractivity contribution in [2.45, 2.75) is 50.6 Å². The van der Waals surface area contributed by atoms with Gasteiger partial charge in [0, 0.05) is 38.6 Å². The molecule has 1 aromatic carbocycles.